The maximum Gasteiger partial charge on any atom is 0.319 e. The lowest BCUT2D eigenvalue weighted by molar-refractivity contribution is 0.163. The minimum Gasteiger partial charge on any atom is -0.454 e. The molecule has 6 heteroatoms. The second-order valence-electron chi connectivity index (χ2n) is 6.07. The second kappa shape index (κ2) is 6.44. The first-order valence-electron chi connectivity index (χ1n) is 7.83. The first kappa shape index (κ1) is 15.0. The Kier molecular flexibility index (Phi) is 4.38. The largest absolute Gasteiger partial charge is 0.454 e. The van der Waals surface area contributed by atoms with Crippen LogP contribution >= 0.6 is 0 Å². The zero-order chi connectivity index (χ0) is 15.5. The van der Waals surface area contributed by atoms with Gasteiger partial charge in [0.1, 0.15) is 0 Å². The van der Waals surface area contributed by atoms with Gasteiger partial charge in [0, 0.05) is 36.9 Å². The number of urea groups is 1. The number of ether oxygens (including phenoxy) is 2. The highest BCUT2D eigenvalue weighted by Gasteiger charge is 2.22. The summed E-state index contributed by atoms with van der Waals surface area (Å²) < 4.78 is 10.6. The minimum atomic E-state index is -0.165. The third kappa shape index (κ3) is 3.44. The number of benzene rings is 1. The van der Waals surface area contributed by atoms with Crippen molar-refractivity contribution in [1.29, 1.82) is 0 Å². The van der Waals surface area contributed by atoms with Crippen LogP contribution in [0.15, 0.2) is 18.2 Å². The first-order chi connectivity index (χ1) is 10.6. The molecule has 0 spiro atoms. The number of rotatable bonds is 3. The van der Waals surface area contributed by atoms with Gasteiger partial charge in [0.25, 0.3) is 0 Å². The number of carbonyl (C=O) groups excluding carboxylic acids is 1. The Balaban J connectivity index is 1.49. The molecule has 0 radical (unpaired) electrons. The summed E-state index contributed by atoms with van der Waals surface area (Å²) in [5, 5.41) is 5.90. The molecule has 3 rings (SSSR count). The van der Waals surface area contributed by atoms with E-state index in [4.69, 9.17) is 9.47 Å². The average Bonchev–Trinajstić information content (AvgIpc) is 2.95. The highest BCUT2D eigenvalue weighted by molar-refractivity contribution is 5.89. The van der Waals surface area contributed by atoms with Crippen LogP contribution in [0.5, 0.6) is 11.5 Å². The summed E-state index contributed by atoms with van der Waals surface area (Å²) in [6.07, 6.45) is 1.99. The Morgan fingerprint density at radius 2 is 1.95 bits per heavy atom. The van der Waals surface area contributed by atoms with Crippen molar-refractivity contribution in [2.75, 3.05) is 25.2 Å². The molecule has 6 nitrogen and oxygen atoms in total. The lowest BCUT2D eigenvalue weighted by Crippen LogP contribution is -2.47. The van der Waals surface area contributed by atoms with Crippen LogP contribution in [0.25, 0.3) is 0 Å². The number of piperidine rings is 1. The number of nitrogens with zero attached hydrogens (tertiary/aromatic N) is 1. The monoisotopic (exact) mass is 305 g/mol. The van der Waals surface area contributed by atoms with Crippen LogP contribution in [-0.2, 0) is 0 Å². The Bertz CT molecular complexity index is 539. The van der Waals surface area contributed by atoms with Crippen molar-refractivity contribution >= 4 is 11.7 Å². The fraction of sp³-hybridized carbons (Fsp3) is 0.562. The molecule has 0 aromatic heterocycles. The van der Waals surface area contributed by atoms with Gasteiger partial charge in [-0.25, -0.2) is 4.79 Å². The third-order valence-electron chi connectivity index (χ3n) is 4.23. The number of hydrogen-bond acceptors (Lipinski definition) is 4. The van der Waals surface area contributed by atoms with E-state index >= 15 is 0 Å². The molecule has 22 heavy (non-hydrogen) atoms. The summed E-state index contributed by atoms with van der Waals surface area (Å²) in [6, 6.07) is 6.05. The molecule has 1 saturated heterocycles. The number of fused-ring (bicyclic) bond motifs is 1. The topological polar surface area (TPSA) is 62.8 Å². The van der Waals surface area contributed by atoms with Gasteiger partial charge in [0.15, 0.2) is 11.5 Å². The van der Waals surface area contributed by atoms with E-state index in [1.807, 2.05) is 6.07 Å². The number of anilines is 1. The van der Waals surface area contributed by atoms with Gasteiger partial charge in [-0.3, -0.25) is 0 Å². The van der Waals surface area contributed by atoms with Gasteiger partial charge < -0.3 is 25.0 Å². The molecule has 0 bridgehead atoms. The normalized spacial score (nSPS) is 18.5. The first-order valence-corrected chi connectivity index (χ1v) is 7.83. The van der Waals surface area contributed by atoms with Crippen LogP contribution < -0.4 is 20.1 Å². The highest BCUT2D eigenvalue weighted by Crippen LogP contribution is 2.34. The standard InChI is InChI=1S/C16H23N3O3/c1-11(2)19-7-5-12(6-8-19)17-16(20)18-13-3-4-14-15(9-13)22-10-21-14/h3-4,9,11-12H,5-8,10H2,1-2H3,(H2,17,18,20). The van der Waals surface area contributed by atoms with E-state index in [9.17, 15) is 4.79 Å². The average molecular weight is 305 g/mol. The Morgan fingerprint density at radius 1 is 1.23 bits per heavy atom. The summed E-state index contributed by atoms with van der Waals surface area (Å²) in [4.78, 5) is 14.5. The predicted octanol–water partition coefficient (Wildman–Crippen LogP) is 2.41. The molecule has 2 heterocycles. The summed E-state index contributed by atoms with van der Waals surface area (Å²) in [7, 11) is 0. The SMILES string of the molecule is CC(C)N1CCC(NC(=O)Nc2ccc3c(c2)OCO3)CC1. The minimum absolute atomic E-state index is 0.165. The quantitative estimate of drug-likeness (QED) is 0.900. The summed E-state index contributed by atoms with van der Waals surface area (Å²) in [5.74, 6) is 1.38. The van der Waals surface area contributed by atoms with Gasteiger partial charge in [-0.15, -0.1) is 0 Å². The van der Waals surface area contributed by atoms with Gasteiger partial charge >= 0.3 is 6.03 Å². The lowest BCUT2D eigenvalue weighted by Gasteiger charge is -2.34. The summed E-state index contributed by atoms with van der Waals surface area (Å²) >= 11 is 0. The van der Waals surface area contributed by atoms with Crippen LogP contribution in [0, 0.1) is 0 Å². The molecule has 2 aliphatic heterocycles. The van der Waals surface area contributed by atoms with Gasteiger partial charge in [0.05, 0.1) is 0 Å². The molecule has 1 aromatic carbocycles. The highest BCUT2D eigenvalue weighted by atomic mass is 16.7. The van der Waals surface area contributed by atoms with E-state index in [-0.39, 0.29) is 18.9 Å². The van der Waals surface area contributed by atoms with E-state index in [0.29, 0.717) is 23.2 Å². The Hall–Kier alpha value is -1.95. The number of carbonyl (C=O) groups is 1. The van der Waals surface area contributed by atoms with Crippen molar-refractivity contribution in [2.24, 2.45) is 0 Å². The molecule has 2 N–H and O–H groups in total. The van der Waals surface area contributed by atoms with Crippen LogP contribution in [0.1, 0.15) is 26.7 Å². The molecule has 0 saturated carbocycles. The van der Waals surface area contributed by atoms with Crippen LogP contribution in [0.3, 0.4) is 0 Å². The molecule has 2 aliphatic rings. The Morgan fingerprint density at radius 3 is 2.68 bits per heavy atom. The molecule has 2 amide bonds. The molecule has 0 atom stereocenters. The van der Waals surface area contributed by atoms with Gasteiger partial charge in [-0.1, -0.05) is 0 Å². The smallest absolute Gasteiger partial charge is 0.319 e. The third-order valence-corrected chi connectivity index (χ3v) is 4.23. The van der Waals surface area contributed by atoms with Crippen molar-refractivity contribution in [2.45, 2.75) is 38.8 Å². The number of likely N-dealkylation sites (tertiary alicyclic amines) is 1. The van der Waals surface area contributed by atoms with E-state index in [0.717, 1.165) is 25.9 Å². The van der Waals surface area contributed by atoms with E-state index in [1.165, 1.54) is 0 Å². The van der Waals surface area contributed by atoms with Crippen LogP contribution in [-0.4, -0.2) is 42.9 Å². The van der Waals surface area contributed by atoms with Gasteiger partial charge in [-0.05, 0) is 38.8 Å². The number of hydrogen-bond donors (Lipinski definition) is 2. The van der Waals surface area contributed by atoms with Crippen LogP contribution in [0.4, 0.5) is 10.5 Å². The van der Waals surface area contributed by atoms with E-state index in [1.54, 1.807) is 12.1 Å². The molecule has 0 aliphatic carbocycles. The second-order valence-corrected chi connectivity index (χ2v) is 6.07. The molecular weight excluding hydrogens is 282 g/mol. The molecule has 0 unspecified atom stereocenters. The molecule has 1 fully saturated rings. The fourth-order valence-corrected chi connectivity index (χ4v) is 2.89. The number of nitrogens with one attached hydrogen (secondary N) is 2. The van der Waals surface area contributed by atoms with Gasteiger partial charge in [0.2, 0.25) is 6.79 Å². The zero-order valence-corrected chi connectivity index (χ0v) is 13.1. The fourth-order valence-electron chi connectivity index (χ4n) is 2.89. The zero-order valence-electron chi connectivity index (χ0n) is 13.1. The van der Waals surface area contributed by atoms with Crippen molar-refractivity contribution in [3.63, 3.8) is 0 Å². The molecule has 1 aromatic rings. The van der Waals surface area contributed by atoms with Crippen molar-refractivity contribution in [1.82, 2.24) is 10.2 Å². The lowest BCUT2D eigenvalue weighted by atomic mass is 10.0. The van der Waals surface area contributed by atoms with Crippen molar-refractivity contribution in [3.05, 3.63) is 18.2 Å². The number of amides is 2. The summed E-state index contributed by atoms with van der Waals surface area (Å²) in [6.45, 7) is 6.72. The van der Waals surface area contributed by atoms with E-state index < -0.39 is 0 Å². The maximum atomic E-state index is 12.1. The summed E-state index contributed by atoms with van der Waals surface area (Å²) in [5.41, 5.74) is 0.710. The van der Waals surface area contributed by atoms with Crippen LogP contribution in [0.2, 0.25) is 0 Å². The van der Waals surface area contributed by atoms with Crippen molar-refractivity contribution < 1.29 is 14.3 Å². The molecule has 120 valence electrons. The Labute approximate surface area is 130 Å². The van der Waals surface area contributed by atoms with E-state index in [2.05, 4.69) is 29.4 Å². The maximum absolute atomic E-state index is 12.1. The van der Waals surface area contributed by atoms with Gasteiger partial charge in [-0.2, -0.15) is 0 Å². The van der Waals surface area contributed by atoms with Crippen molar-refractivity contribution in [3.8, 4) is 11.5 Å². The molecular formula is C16H23N3O3. The predicted molar refractivity (Wildman–Crippen MR) is 84.5 cm³/mol.